The summed E-state index contributed by atoms with van der Waals surface area (Å²) in [5.41, 5.74) is 0.745. The van der Waals surface area contributed by atoms with Crippen molar-refractivity contribution in [3.05, 3.63) is 51.6 Å². The number of fused-ring (bicyclic) bond motifs is 2. The van der Waals surface area contributed by atoms with Crippen LogP contribution in [0.2, 0.25) is 5.02 Å². The second-order valence-electron chi connectivity index (χ2n) is 4.97. The lowest BCUT2D eigenvalue weighted by molar-refractivity contribution is 0.211. The Morgan fingerprint density at radius 2 is 1.82 bits per heavy atom. The van der Waals surface area contributed by atoms with Crippen LogP contribution >= 0.6 is 34.5 Å². The molecule has 22 heavy (non-hydrogen) atoms. The molecule has 0 saturated heterocycles. The lowest BCUT2D eigenvalue weighted by atomic mass is 10.1. The summed E-state index contributed by atoms with van der Waals surface area (Å²) in [5.74, 6) is 0.165. The zero-order chi connectivity index (χ0) is 15.7. The molecule has 0 spiro atoms. The normalized spacial score (nSPS) is 12.7. The number of rotatable bonds is 4. The molecule has 3 aromatic rings. The highest BCUT2D eigenvalue weighted by Gasteiger charge is 2.08. The molecule has 0 aliphatic carbocycles. The van der Waals surface area contributed by atoms with Gasteiger partial charge in [0.2, 0.25) is 0 Å². The molecule has 0 saturated carbocycles. The van der Waals surface area contributed by atoms with Gasteiger partial charge >= 0.3 is 0 Å². The van der Waals surface area contributed by atoms with Crippen molar-refractivity contribution < 1.29 is 5.11 Å². The van der Waals surface area contributed by atoms with Gasteiger partial charge < -0.3 is 10.4 Å². The molecule has 1 heterocycles. The van der Waals surface area contributed by atoms with Crippen molar-refractivity contribution in [3.63, 3.8) is 0 Å². The van der Waals surface area contributed by atoms with Crippen LogP contribution in [0.4, 0.5) is 5.69 Å². The van der Waals surface area contributed by atoms with Crippen molar-refractivity contribution in [2.24, 2.45) is 0 Å². The highest BCUT2D eigenvalue weighted by Crippen LogP contribution is 2.28. The van der Waals surface area contributed by atoms with E-state index >= 15 is 0 Å². The molecule has 0 radical (unpaired) electrons. The average molecular weight is 354 g/mol. The molecule has 2 N–H and O–H groups in total. The molecule has 2 aromatic carbocycles. The zero-order valence-electron chi connectivity index (χ0n) is 11.5. The molecule has 1 unspecified atom stereocenters. The van der Waals surface area contributed by atoms with Crippen molar-refractivity contribution in [1.82, 2.24) is 0 Å². The predicted molar refractivity (Wildman–Crippen MR) is 95.8 cm³/mol. The summed E-state index contributed by atoms with van der Waals surface area (Å²) in [4.78, 5) is 12.6. The molecule has 0 aliphatic heterocycles. The number of anilines is 1. The molecular weight excluding hydrogens is 341 g/mol. The van der Waals surface area contributed by atoms with Gasteiger partial charge in [0, 0.05) is 37.4 Å². The number of halogens is 2. The number of benzene rings is 2. The first-order valence-electron chi connectivity index (χ1n) is 6.72. The predicted octanol–water partition coefficient (Wildman–Crippen LogP) is 4.08. The van der Waals surface area contributed by atoms with Crippen molar-refractivity contribution >= 4 is 60.4 Å². The van der Waals surface area contributed by atoms with Gasteiger partial charge in [0.15, 0.2) is 5.43 Å². The molecule has 0 aliphatic rings. The van der Waals surface area contributed by atoms with Crippen LogP contribution < -0.4 is 10.7 Å². The van der Waals surface area contributed by atoms with Crippen LogP contribution in [-0.4, -0.2) is 23.6 Å². The Kier molecular flexibility index (Phi) is 4.54. The minimum atomic E-state index is -0.623. The Morgan fingerprint density at radius 3 is 2.55 bits per heavy atom. The van der Waals surface area contributed by atoms with E-state index in [9.17, 15) is 9.90 Å². The molecule has 3 rings (SSSR count). The number of hydrogen-bond acceptors (Lipinski definition) is 4. The first-order chi connectivity index (χ1) is 10.6. The fourth-order valence-electron chi connectivity index (χ4n) is 2.23. The maximum atomic E-state index is 12.6. The van der Waals surface area contributed by atoms with E-state index in [1.807, 2.05) is 18.2 Å². The van der Waals surface area contributed by atoms with Gasteiger partial charge in [-0.05, 0) is 36.4 Å². The molecular formula is C16H13Cl2NO2S. The SMILES string of the molecule is O=c1c2cc(Cl)ccc2sc2ccc(NCC(O)CCl)cc12. The quantitative estimate of drug-likeness (QED) is 0.548. The first-order valence-corrected chi connectivity index (χ1v) is 8.45. The van der Waals surface area contributed by atoms with Gasteiger partial charge in [-0.3, -0.25) is 4.79 Å². The van der Waals surface area contributed by atoms with Gasteiger partial charge in [-0.25, -0.2) is 0 Å². The van der Waals surface area contributed by atoms with Crippen LogP contribution in [0.1, 0.15) is 0 Å². The number of aliphatic hydroxyl groups is 1. The Bertz CT molecular complexity index is 894. The Balaban J connectivity index is 2.09. The molecule has 3 nitrogen and oxygen atoms in total. The first kappa shape index (κ1) is 15.6. The summed E-state index contributed by atoms with van der Waals surface area (Å²) in [5, 5.41) is 14.4. The minimum absolute atomic E-state index is 0.0345. The summed E-state index contributed by atoms with van der Waals surface area (Å²) in [6, 6.07) is 11.0. The van der Waals surface area contributed by atoms with Gasteiger partial charge in [0.25, 0.3) is 0 Å². The molecule has 114 valence electrons. The third kappa shape index (κ3) is 3.06. The maximum Gasteiger partial charge on any atom is 0.195 e. The molecule has 6 heteroatoms. The third-order valence-corrected chi connectivity index (χ3v) is 5.09. The van der Waals surface area contributed by atoms with E-state index in [0.29, 0.717) is 22.3 Å². The molecule has 1 aromatic heterocycles. The van der Waals surface area contributed by atoms with Crippen molar-refractivity contribution in [2.75, 3.05) is 17.7 Å². The summed E-state index contributed by atoms with van der Waals surface area (Å²) in [7, 11) is 0. The molecule has 0 amide bonds. The van der Waals surface area contributed by atoms with E-state index < -0.39 is 6.10 Å². The lowest BCUT2D eigenvalue weighted by Gasteiger charge is -2.10. The van der Waals surface area contributed by atoms with Crippen LogP contribution in [0.5, 0.6) is 0 Å². The summed E-state index contributed by atoms with van der Waals surface area (Å²) in [6.07, 6.45) is -0.623. The minimum Gasteiger partial charge on any atom is -0.390 e. The summed E-state index contributed by atoms with van der Waals surface area (Å²) >= 11 is 13.1. The number of nitrogens with one attached hydrogen (secondary N) is 1. The molecule has 0 fully saturated rings. The fourth-order valence-corrected chi connectivity index (χ4v) is 3.54. The number of aliphatic hydroxyl groups excluding tert-OH is 1. The van der Waals surface area contributed by atoms with Crippen LogP contribution in [0, 0.1) is 0 Å². The molecule has 0 bridgehead atoms. The lowest BCUT2D eigenvalue weighted by Crippen LogP contribution is -2.20. The van der Waals surface area contributed by atoms with E-state index in [4.69, 9.17) is 23.2 Å². The average Bonchev–Trinajstić information content (AvgIpc) is 2.53. The van der Waals surface area contributed by atoms with Gasteiger partial charge in [0.1, 0.15) is 0 Å². The Hall–Kier alpha value is -1.33. The van der Waals surface area contributed by atoms with Crippen molar-refractivity contribution in [1.29, 1.82) is 0 Å². The second kappa shape index (κ2) is 6.42. The van der Waals surface area contributed by atoms with E-state index in [0.717, 1.165) is 15.1 Å². The topological polar surface area (TPSA) is 49.3 Å². The third-order valence-electron chi connectivity index (χ3n) is 3.35. The molecule has 1 atom stereocenters. The number of alkyl halides is 1. The number of hydrogen-bond donors (Lipinski definition) is 2. The van der Waals surface area contributed by atoms with Crippen LogP contribution in [0.25, 0.3) is 20.2 Å². The highest BCUT2D eigenvalue weighted by atomic mass is 35.5. The van der Waals surface area contributed by atoms with Gasteiger partial charge in [-0.15, -0.1) is 22.9 Å². The second-order valence-corrected chi connectivity index (χ2v) is 6.80. The Morgan fingerprint density at radius 1 is 1.14 bits per heavy atom. The van der Waals surface area contributed by atoms with E-state index in [1.54, 1.807) is 29.5 Å². The monoisotopic (exact) mass is 353 g/mol. The summed E-state index contributed by atoms with van der Waals surface area (Å²) in [6.45, 7) is 0.339. The maximum absolute atomic E-state index is 12.6. The van der Waals surface area contributed by atoms with Crippen molar-refractivity contribution in [3.8, 4) is 0 Å². The van der Waals surface area contributed by atoms with Gasteiger partial charge in [-0.2, -0.15) is 0 Å². The van der Waals surface area contributed by atoms with Gasteiger partial charge in [0.05, 0.1) is 12.0 Å². The van der Waals surface area contributed by atoms with Gasteiger partial charge in [-0.1, -0.05) is 11.6 Å². The van der Waals surface area contributed by atoms with Crippen molar-refractivity contribution in [2.45, 2.75) is 6.10 Å². The van der Waals surface area contributed by atoms with E-state index in [-0.39, 0.29) is 11.3 Å². The zero-order valence-corrected chi connectivity index (χ0v) is 13.8. The summed E-state index contributed by atoms with van der Waals surface area (Å²) < 4.78 is 1.84. The van der Waals surface area contributed by atoms with Crippen LogP contribution in [0.3, 0.4) is 0 Å². The van der Waals surface area contributed by atoms with E-state index in [1.165, 1.54) is 0 Å². The Labute approximate surface area is 141 Å². The standard InChI is InChI=1S/C16H13Cl2NO2S/c17-7-11(20)8-19-10-2-4-15-13(6-10)16(21)12-5-9(18)1-3-14(12)22-15/h1-6,11,19-20H,7-8H2. The van der Waals surface area contributed by atoms with Crippen LogP contribution in [-0.2, 0) is 0 Å². The highest BCUT2D eigenvalue weighted by molar-refractivity contribution is 7.24. The van der Waals surface area contributed by atoms with E-state index in [2.05, 4.69) is 5.32 Å². The smallest absolute Gasteiger partial charge is 0.195 e. The fraction of sp³-hybridized carbons (Fsp3) is 0.188. The largest absolute Gasteiger partial charge is 0.390 e. The van der Waals surface area contributed by atoms with Crippen LogP contribution in [0.15, 0.2) is 41.2 Å².